The van der Waals surface area contributed by atoms with Crippen molar-refractivity contribution in [3.8, 4) is 0 Å². The number of likely N-dealkylation sites (N-methyl/N-ethyl adjacent to an activating group) is 1. The van der Waals surface area contributed by atoms with Gasteiger partial charge in [0.2, 0.25) is 0 Å². The van der Waals surface area contributed by atoms with E-state index >= 15 is 0 Å². The van der Waals surface area contributed by atoms with E-state index in [1.54, 1.807) is 11.9 Å². The maximum Gasteiger partial charge on any atom is 0.410 e. The van der Waals surface area contributed by atoms with Gasteiger partial charge in [0, 0.05) is 31.9 Å². The third kappa shape index (κ3) is 7.34. The summed E-state index contributed by atoms with van der Waals surface area (Å²) in [6.45, 7) is 6.78. The molecule has 1 aromatic carbocycles. The monoisotopic (exact) mass is 323 g/mol. The largest absolute Gasteiger partial charge is 0.444 e. The fraction of sp³-hybridized carbons (Fsp3) is 0.588. The number of rotatable bonds is 7. The Bertz CT molecular complexity index is 483. The van der Waals surface area contributed by atoms with Crippen molar-refractivity contribution >= 4 is 11.8 Å². The molecule has 6 heteroatoms. The number of hydrogen-bond donors (Lipinski definition) is 3. The van der Waals surface area contributed by atoms with Crippen LogP contribution in [0.15, 0.2) is 24.3 Å². The van der Waals surface area contributed by atoms with E-state index in [2.05, 4.69) is 5.32 Å². The molecule has 1 rings (SSSR count). The Morgan fingerprint density at radius 1 is 1.35 bits per heavy atom. The van der Waals surface area contributed by atoms with Crippen molar-refractivity contribution in [1.29, 1.82) is 0 Å². The van der Waals surface area contributed by atoms with E-state index in [1.165, 1.54) is 0 Å². The number of ether oxygens (including phenoxy) is 1. The van der Waals surface area contributed by atoms with E-state index in [-0.39, 0.29) is 18.7 Å². The minimum atomic E-state index is -0.521. The van der Waals surface area contributed by atoms with Gasteiger partial charge in [-0.3, -0.25) is 0 Å². The van der Waals surface area contributed by atoms with Crippen LogP contribution in [-0.2, 0) is 4.74 Å². The second-order valence-corrected chi connectivity index (χ2v) is 6.61. The van der Waals surface area contributed by atoms with Crippen molar-refractivity contribution < 1.29 is 14.6 Å². The Hall–Kier alpha value is -1.79. The van der Waals surface area contributed by atoms with Gasteiger partial charge in [-0.15, -0.1) is 0 Å². The lowest BCUT2D eigenvalue weighted by Gasteiger charge is -2.28. The molecule has 0 bridgehead atoms. The fourth-order valence-corrected chi connectivity index (χ4v) is 2.06. The molecular formula is C17H29N3O3. The molecule has 0 aliphatic carbocycles. The van der Waals surface area contributed by atoms with Crippen LogP contribution in [0.2, 0.25) is 0 Å². The van der Waals surface area contributed by atoms with Crippen LogP contribution in [0.5, 0.6) is 0 Å². The fourth-order valence-electron chi connectivity index (χ4n) is 2.06. The number of aliphatic hydroxyl groups is 1. The lowest BCUT2D eigenvalue weighted by atomic mass is 10.1. The smallest absolute Gasteiger partial charge is 0.410 e. The summed E-state index contributed by atoms with van der Waals surface area (Å²) >= 11 is 0. The molecule has 0 spiro atoms. The summed E-state index contributed by atoms with van der Waals surface area (Å²) < 4.78 is 5.38. The number of anilines is 1. The van der Waals surface area contributed by atoms with Crippen molar-refractivity contribution in [1.82, 2.24) is 10.2 Å². The number of amides is 1. The summed E-state index contributed by atoms with van der Waals surface area (Å²) in [5.74, 6) is 0. The molecule has 0 aromatic heterocycles. The van der Waals surface area contributed by atoms with Crippen molar-refractivity contribution in [3.05, 3.63) is 29.8 Å². The molecule has 4 N–H and O–H groups in total. The topological polar surface area (TPSA) is 87.8 Å². The Labute approximate surface area is 138 Å². The number of nitrogens with one attached hydrogen (secondary N) is 1. The summed E-state index contributed by atoms with van der Waals surface area (Å²) in [7, 11) is 1.71. The first kappa shape index (κ1) is 19.3. The molecule has 1 aromatic rings. The summed E-state index contributed by atoms with van der Waals surface area (Å²) in [5.41, 5.74) is 6.94. The van der Waals surface area contributed by atoms with Gasteiger partial charge < -0.3 is 25.8 Å². The highest BCUT2D eigenvalue weighted by atomic mass is 16.6. The number of carbonyl (C=O) groups excluding carboxylic acids is 1. The molecule has 0 fully saturated rings. The quantitative estimate of drug-likeness (QED) is 0.528. The third-order valence-electron chi connectivity index (χ3n) is 3.23. The van der Waals surface area contributed by atoms with Gasteiger partial charge in [0.25, 0.3) is 0 Å². The number of benzene rings is 1. The number of nitrogens with two attached hydrogens (primary N) is 1. The van der Waals surface area contributed by atoms with Crippen LogP contribution in [0.4, 0.5) is 10.5 Å². The molecule has 0 radical (unpaired) electrons. The van der Waals surface area contributed by atoms with Gasteiger partial charge in [-0.2, -0.15) is 0 Å². The second-order valence-electron chi connectivity index (χ2n) is 6.61. The van der Waals surface area contributed by atoms with E-state index in [4.69, 9.17) is 15.6 Å². The van der Waals surface area contributed by atoms with E-state index in [0.717, 1.165) is 5.56 Å². The summed E-state index contributed by atoms with van der Waals surface area (Å²) in [6, 6.07) is 7.50. The minimum absolute atomic E-state index is 0.0559. The van der Waals surface area contributed by atoms with Crippen molar-refractivity contribution in [3.63, 3.8) is 0 Å². The highest BCUT2D eigenvalue weighted by Gasteiger charge is 2.22. The first-order valence-electron chi connectivity index (χ1n) is 7.86. The van der Waals surface area contributed by atoms with E-state index in [0.29, 0.717) is 25.2 Å². The van der Waals surface area contributed by atoms with Gasteiger partial charge >= 0.3 is 6.09 Å². The molecule has 1 unspecified atom stereocenters. The predicted octanol–water partition coefficient (Wildman–Crippen LogP) is 2.15. The number of hydrogen-bond acceptors (Lipinski definition) is 5. The van der Waals surface area contributed by atoms with Gasteiger partial charge in [0.1, 0.15) is 5.60 Å². The first-order valence-corrected chi connectivity index (χ1v) is 7.86. The van der Waals surface area contributed by atoms with Gasteiger partial charge in [-0.25, -0.2) is 4.79 Å². The van der Waals surface area contributed by atoms with E-state index in [9.17, 15) is 4.79 Å². The third-order valence-corrected chi connectivity index (χ3v) is 3.23. The first-order chi connectivity index (χ1) is 10.7. The Balaban J connectivity index is 2.75. The van der Waals surface area contributed by atoms with E-state index in [1.807, 2.05) is 45.0 Å². The van der Waals surface area contributed by atoms with Crippen LogP contribution in [0, 0.1) is 0 Å². The highest BCUT2D eigenvalue weighted by molar-refractivity contribution is 5.67. The van der Waals surface area contributed by atoms with Crippen LogP contribution in [0.25, 0.3) is 0 Å². The molecule has 0 aliphatic heterocycles. The van der Waals surface area contributed by atoms with Crippen molar-refractivity contribution in [2.24, 2.45) is 0 Å². The van der Waals surface area contributed by atoms with Gasteiger partial charge in [0.15, 0.2) is 0 Å². The van der Waals surface area contributed by atoms with Crippen LogP contribution >= 0.6 is 0 Å². The summed E-state index contributed by atoms with van der Waals surface area (Å²) in [6.07, 6.45) is 0.295. The lowest BCUT2D eigenvalue weighted by Crippen LogP contribution is -2.40. The molecule has 0 heterocycles. The number of carbonyl (C=O) groups is 1. The number of nitrogen functional groups attached to an aromatic ring is 1. The molecule has 6 nitrogen and oxygen atoms in total. The van der Waals surface area contributed by atoms with Crippen LogP contribution in [0.1, 0.15) is 38.8 Å². The highest BCUT2D eigenvalue weighted by Crippen LogP contribution is 2.17. The number of nitrogens with zero attached hydrogens (tertiary/aromatic N) is 1. The molecule has 1 amide bonds. The summed E-state index contributed by atoms with van der Waals surface area (Å²) in [4.78, 5) is 13.7. The zero-order chi connectivity index (χ0) is 17.5. The molecule has 130 valence electrons. The van der Waals surface area contributed by atoms with Crippen LogP contribution < -0.4 is 11.1 Å². The van der Waals surface area contributed by atoms with Crippen molar-refractivity contribution in [2.45, 2.75) is 38.8 Å². The average molecular weight is 323 g/mol. The zero-order valence-electron chi connectivity index (χ0n) is 14.5. The molecular weight excluding hydrogens is 294 g/mol. The average Bonchev–Trinajstić information content (AvgIpc) is 2.45. The Morgan fingerprint density at radius 3 is 2.48 bits per heavy atom. The van der Waals surface area contributed by atoms with Crippen LogP contribution in [-0.4, -0.2) is 48.4 Å². The SMILES string of the molecule is CN(CC(NCCCO)c1ccc(N)cc1)C(=O)OC(C)(C)C. The van der Waals surface area contributed by atoms with Crippen LogP contribution in [0.3, 0.4) is 0 Å². The lowest BCUT2D eigenvalue weighted by molar-refractivity contribution is 0.0282. The van der Waals surface area contributed by atoms with E-state index < -0.39 is 5.60 Å². The maximum atomic E-state index is 12.1. The Morgan fingerprint density at radius 2 is 1.96 bits per heavy atom. The standard InChI is InChI=1S/C17H29N3O3/c1-17(2,3)23-16(22)20(4)12-15(19-10-5-11-21)13-6-8-14(18)9-7-13/h6-9,15,19,21H,5,10-12,18H2,1-4H3. The molecule has 23 heavy (non-hydrogen) atoms. The minimum Gasteiger partial charge on any atom is -0.444 e. The molecule has 1 atom stereocenters. The molecule has 0 saturated heterocycles. The maximum absolute atomic E-state index is 12.1. The molecule has 0 aliphatic rings. The normalized spacial score (nSPS) is 12.7. The predicted molar refractivity (Wildman–Crippen MR) is 92.2 cm³/mol. The number of aliphatic hydroxyl groups excluding tert-OH is 1. The van der Waals surface area contributed by atoms with Crippen molar-refractivity contribution in [2.75, 3.05) is 32.5 Å². The summed E-state index contributed by atoms with van der Waals surface area (Å²) in [5, 5.41) is 12.3. The zero-order valence-corrected chi connectivity index (χ0v) is 14.5. The van der Waals surface area contributed by atoms with Gasteiger partial charge in [-0.1, -0.05) is 12.1 Å². The Kier molecular flexibility index (Phi) is 7.32. The second kappa shape index (κ2) is 8.74. The van der Waals surface area contributed by atoms with Gasteiger partial charge in [-0.05, 0) is 51.4 Å². The molecule has 0 saturated carbocycles. The van der Waals surface area contributed by atoms with Gasteiger partial charge in [0.05, 0.1) is 0 Å².